The fourth-order valence-electron chi connectivity index (χ4n) is 3.44. The monoisotopic (exact) mass is 537 g/mol. The van der Waals surface area contributed by atoms with Crippen LogP contribution in [-0.4, -0.2) is 81.8 Å². The number of amides is 3. The van der Waals surface area contributed by atoms with Crippen LogP contribution in [-0.2, 0) is 25.6 Å². The molecule has 0 spiro atoms. The van der Waals surface area contributed by atoms with Crippen LogP contribution in [0.5, 0.6) is 5.75 Å². The molecule has 0 bridgehead atoms. The molecular formula is C24H39N7O7. The van der Waals surface area contributed by atoms with Gasteiger partial charge in [-0.05, 0) is 49.8 Å². The average Bonchev–Trinajstić information content (AvgIpc) is 2.82. The van der Waals surface area contributed by atoms with Gasteiger partial charge >= 0.3 is 5.97 Å². The first-order valence-corrected chi connectivity index (χ1v) is 12.1. The number of guanidine groups is 1. The second kappa shape index (κ2) is 15.4. The first-order valence-electron chi connectivity index (χ1n) is 12.1. The van der Waals surface area contributed by atoms with Crippen LogP contribution in [0.4, 0.5) is 0 Å². The lowest BCUT2D eigenvalue weighted by atomic mass is 10.0. The number of nitrogens with zero attached hydrogens (tertiary/aromatic N) is 1. The van der Waals surface area contributed by atoms with Crippen LogP contribution in [0.25, 0.3) is 0 Å². The van der Waals surface area contributed by atoms with Crippen LogP contribution >= 0.6 is 0 Å². The Kier molecular flexibility index (Phi) is 13.0. The molecule has 1 aromatic rings. The second-order valence-corrected chi connectivity index (χ2v) is 9.28. The molecule has 0 saturated carbocycles. The van der Waals surface area contributed by atoms with Crippen molar-refractivity contribution >= 4 is 29.7 Å². The van der Waals surface area contributed by atoms with Crippen molar-refractivity contribution in [2.24, 2.45) is 28.1 Å². The quantitative estimate of drug-likeness (QED) is 0.0668. The Labute approximate surface area is 221 Å². The third-order valence-corrected chi connectivity index (χ3v) is 5.60. The van der Waals surface area contributed by atoms with Crippen LogP contribution in [0.15, 0.2) is 29.3 Å². The van der Waals surface area contributed by atoms with Crippen LogP contribution < -0.4 is 33.2 Å². The van der Waals surface area contributed by atoms with Gasteiger partial charge in [-0.3, -0.25) is 19.4 Å². The number of phenolic OH excluding ortho intramolecular Hbond substituents is 1. The predicted octanol–water partition coefficient (Wildman–Crippen LogP) is -2.11. The van der Waals surface area contributed by atoms with E-state index in [1.165, 1.54) is 19.1 Å². The van der Waals surface area contributed by atoms with Gasteiger partial charge in [0.1, 0.15) is 23.9 Å². The van der Waals surface area contributed by atoms with Gasteiger partial charge in [-0.15, -0.1) is 0 Å². The van der Waals surface area contributed by atoms with E-state index in [9.17, 15) is 34.5 Å². The number of aliphatic hydroxyl groups excluding tert-OH is 1. The van der Waals surface area contributed by atoms with Gasteiger partial charge in [-0.2, -0.15) is 0 Å². The molecular weight excluding hydrogens is 498 g/mol. The van der Waals surface area contributed by atoms with Crippen LogP contribution in [0.1, 0.15) is 39.2 Å². The number of hydrogen-bond acceptors (Lipinski definition) is 8. The molecule has 3 amide bonds. The van der Waals surface area contributed by atoms with E-state index in [2.05, 4.69) is 20.9 Å². The van der Waals surface area contributed by atoms with Gasteiger partial charge in [0.25, 0.3) is 0 Å². The van der Waals surface area contributed by atoms with Crippen molar-refractivity contribution in [3.8, 4) is 5.75 Å². The summed E-state index contributed by atoms with van der Waals surface area (Å²) in [4.78, 5) is 53.9. The molecule has 5 atom stereocenters. The molecule has 0 heterocycles. The van der Waals surface area contributed by atoms with Crippen molar-refractivity contribution in [3.63, 3.8) is 0 Å². The lowest BCUT2D eigenvalue weighted by Gasteiger charge is -2.28. The average molecular weight is 538 g/mol. The zero-order valence-corrected chi connectivity index (χ0v) is 21.8. The van der Waals surface area contributed by atoms with Crippen LogP contribution in [0, 0.1) is 5.92 Å². The standard InChI is InChI=1S/C24H39N7O7/c1-12(2)18(21(35)29-17(23(37)38)5-4-10-28-24(26)27)30-22(36)19(13(3)32)31-20(34)16(25)11-14-6-8-15(33)9-7-14/h6-9,12-13,16-19,32-33H,4-5,10-11,25H2,1-3H3,(H,29,35)(H,30,36)(H,31,34)(H,37,38)(H4,26,27,28). The summed E-state index contributed by atoms with van der Waals surface area (Å²) in [6.07, 6.45) is -0.897. The molecule has 38 heavy (non-hydrogen) atoms. The number of phenols is 1. The Balaban J connectivity index is 2.85. The van der Waals surface area contributed by atoms with Gasteiger partial charge in [-0.1, -0.05) is 26.0 Å². The molecule has 212 valence electrons. The summed E-state index contributed by atoms with van der Waals surface area (Å²) in [6.45, 7) is 4.75. The minimum atomic E-state index is -1.43. The largest absolute Gasteiger partial charge is 0.508 e. The molecule has 1 aromatic carbocycles. The summed E-state index contributed by atoms with van der Waals surface area (Å²) in [6, 6.07) is 1.18. The number of aliphatic carboxylic acids is 1. The van der Waals surface area contributed by atoms with E-state index in [0.717, 1.165) is 0 Å². The zero-order valence-electron chi connectivity index (χ0n) is 21.8. The lowest BCUT2D eigenvalue weighted by Crippen LogP contribution is -2.60. The van der Waals surface area contributed by atoms with Crippen molar-refractivity contribution in [2.75, 3.05) is 6.54 Å². The third kappa shape index (κ3) is 11.0. The minimum Gasteiger partial charge on any atom is -0.508 e. The Hall–Kier alpha value is -3.91. The fraction of sp³-hybridized carbons (Fsp3) is 0.542. The zero-order chi connectivity index (χ0) is 29.0. The molecule has 0 aliphatic rings. The first kappa shape index (κ1) is 32.1. The summed E-state index contributed by atoms with van der Waals surface area (Å²) < 4.78 is 0. The highest BCUT2D eigenvalue weighted by Gasteiger charge is 2.33. The van der Waals surface area contributed by atoms with E-state index in [1.807, 2.05) is 0 Å². The number of aliphatic imine (C=N–C) groups is 1. The molecule has 0 aliphatic carbocycles. The highest BCUT2D eigenvalue weighted by atomic mass is 16.4. The molecule has 0 radical (unpaired) electrons. The van der Waals surface area contributed by atoms with E-state index in [-0.39, 0.29) is 37.5 Å². The summed E-state index contributed by atoms with van der Waals surface area (Å²) >= 11 is 0. The van der Waals surface area contributed by atoms with Crippen LogP contribution in [0.2, 0.25) is 0 Å². The number of aromatic hydroxyl groups is 1. The number of carboxylic acids is 1. The van der Waals surface area contributed by atoms with Crippen molar-refractivity contribution in [3.05, 3.63) is 29.8 Å². The molecule has 14 heteroatoms. The summed E-state index contributed by atoms with van der Waals surface area (Å²) in [5.41, 5.74) is 17.1. The number of carbonyl (C=O) groups is 4. The number of nitrogens with one attached hydrogen (secondary N) is 3. The highest BCUT2D eigenvalue weighted by Crippen LogP contribution is 2.11. The SMILES string of the molecule is CC(C)C(NC(=O)C(NC(=O)C(N)Cc1ccc(O)cc1)C(C)O)C(=O)NC(CCCN=C(N)N)C(=O)O. The molecule has 0 aromatic heterocycles. The van der Waals surface area contributed by atoms with E-state index < -0.39 is 59.9 Å². The number of carboxylic acid groups (broad SMARTS) is 1. The molecule has 0 aliphatic heterocycles. The highest BCUT2D eigenvalue weighted by molar-refractivity contribution is 5.94. The Morgan fingerprint density at radius 2 is 1.47 bits per heavy atom. The molecule has 12 N–H and O–H groups in total. The van der Waals surface area contributed by atoms with Gasteiger partial charge in [0.05, 0.1) is 12.1 Å². The fourth-order valence-corrected chi connectivity index (χ4v) is 3.44. The van der Waals surface area contributed by atoms with Gasteiger partial charge in [0.15, 0.2) is 5.96 Å². The van der Waals surface area contributed by atoms with Crippen molar-refractivity contribution < 1.29 is 34.5 Å². The lowest BCUT2D eigenvalue weighted by molar-refractivity contribution is -0.143. The van der Waals surface area contributed by atoms with Gasteiger partial charge in [-0.25, -0.2) is 4.79 Å². The van der Waals surface area contributed by atoms with Crippen molar-refractivity contribution in [1.29, 1.82) is 0 Å². The maximum absolute atomic E-state index is 13.0. The van der Waals surface area contributed by atoms with Crippen LogP contribution in [0.3, 0.4) is 0 Å². The summed E-state index contributed by atoms with van der Waals surface area (Å²) in [5.74, 6) is -4.12. The minimum absolute atomic E-state index is 0.0435. The van der Waals surface area contributed by atoms with E-state index in [1.54, 1.807) is 26.0 Å². The number of nitrogens with two attached hydrogens (primary N) is 3. The van der Waals surface area contributed by atoms with E-state index >= 15 is 0 Å². The predicted molar refractivity (Wildman–Crippen MR) is 140 cm³/mol. The summed E-state index contributed by atoms with van der Waals surface area (Å²) in [5, 5.41) is 36.3. The summed E-state index contributed by atoms with van der Waals surface area (Å²) in [7, 11) is 0. The molecule has 1 rings (SSSR count). The Morgan fingerprint density at radius 1 is 0.921 bits per heavy atom. The van der Waals surface area contributed by atoms with Crippen molar-refractivity contribution in [1.82, 2.24) is 16.0 Å². The molecule has 0 fully saturated rings. The molecule has 5 unspecified atom stereocenters. The maximum atomic E-state index is 13.0. The number of hydrogen-bond donors (Lipinski definition) is 9. The van der Waals surface area contributed by atoms with E-state index in [4.69, 9.17) is 17.2 Å². The first-order chi connectivity index (χ1) is 17.7. The topological polar surface area (TPSA) is 255 Å². The number of benzene rings is 1. The molecule has 14 nitrogen and oxygen atoms in total. The van der Waals surface area contributed by atoms with Gasteiger partial charge in [0, 0.05) is 6.54 Å². The second-order valence-electron chi connectivity index (χ2n) is 9.28. The van der Waals surface area contributed by atoms with E-state index in [0.29, 0.717) is 5.56 Å². The Morgan fingerprint density at radius 3 is 1.97 bits per heavy atom. The van der Waals surface area contributed by atoms with Crippen molar-refractivity contribution in [2.45, 2.75) is 70.3 Å². The smallest absolute Gasteiger partial charge is 0.326 e. The number of aliphatic hydroxyl groups is 1. The third-order valence-electron chi connectivity index (χ3n) is 5.60. The molecule has 0 saturated heterocycles. The van der Waals surface area contributed by atoms with Gasteiger partial charge in [0.2, 0.25) is 17.7 Å². The maximum Gasteiger partial charge on any atom is 0.326 e. The Bertz CT molecular complexity index is 979. The van der Waals surface area contributed by atoms with Gasteiger partial charge < -0.3 is 48.5 Å². The normalized spacial score (nSPS) is 14.9. The number of rotatable bonds is 15. The number of carbonyl (C=O) groups excluding carboxylic acids is 3.